The van der Waals surface area contributed by atoms with Crippen LogP contribution in [-0.2, 0) is 22.1 Å². The number of carbonyl (C=O) groups excluding carboxylic acids is 1. The average Bonchev–Trinajstić information content (AvgIpc) is 3.72. The number of alkyl halides is 3. The van der Waals surface area contributed by atoms with Gasteiger partial charge in [0.25, 0.3) is 0 Å². The number of benzene rings is 1. The summed E-state index contributed by atoms with van der Waals surface area (Å²) in [5.41, 5.74) is 3.93. The Balaban J connectivity index is 1.03. The second kappa shape index (κ2) is 13.1. The Morgan fingerprint density at radius 3 is 2.42 bits per heavy atom. The van der Waals surface area contributed by atoms with Crippen LogP contribution < -0.4 is 4.90 Å². The summed E-state index contributed by atoms with van der Waals surface area (Å²) in [7, 11) is 0. The van der Waals surface area contributed by atoms with Crippen LogP contribution in [0.5, 0.6) is 0 Å². The van der Waals surface area contributed by atoms with Gasteiger partial charge in [-0.25, -0.2) is 4.79 Å². The van der Waals surface area contributed by atoms with Gasteiger partial charge in [0.15, 0.2) is 0 Å². The third-order valence-electron chi connectivity index (χ3n) is 12.4. The Hall–Kier alpha value is -2.85. The highest BCUT2D eigenvalue weighted by Gasteiger charge is 2.54. The van der Waals surface area contributed by atoms with E-state index in [1.54, 1.807) is 11.0 Å². The lowest BCUT2D eigenvalue weighted by Crippen LogP contribution is -2.61. The molecule has 5 aliphatic rings. The lowest BCUT2D eigenvalue weighted by molar-refractivity contribution is -0.138. The van der Waals surface area contributed by atoms with E-state index in [-0.39, 0.29) is 12.0 Å². The molecule has 1 saturated carbocycles. The van der Waals surface area contributed by atoms with Crippen molar-refractivity contribution in [3.05, 3.63) is 58.4 Å². The minimum atomic E-state index is -4.42. The Morgan fingerprint density at radius 2 is 1.77 bits per heavy atom. The summed E-state index contributed by atoms with van der Waals surface area (Å²) in [5.74, 6) is 1.56. The molecule has 1 aromatic heterocycles. The number of likely N-dealkylation sites (tertiary alicyclic amines) is 1. The number of unbranched alkanes of at least 4 members (excludes halogenated alkanes) is 1. The van der Waals surface area contributed by atoms with Crippen molar-refractivity contribution in [3.8, 4) is 0 Å². The van der Waals surface area contributed by atoms with Crippen LogP contribution in [0.15, 0.2) is 30.5 Å². The Labute approximate surface area is 283 Å². The van der Waals surface area contributed by atoms with Crippen molar-refractivity contribution in [1.82, 2.24) is 14.8 Å². The predicted octanol–water partition coefficient (Wildman–Crippen LogP) is 7.73. The van der Waals surface area contributed by atoms with E-state index < -0.39 is 29.5 Å². The van der Waals surface area contributed by atoms with Crippen LogP contribution in [0.1, 0.15) is 92.8 Å². The zero-order valence-electron chi connectivity index (χ0n) is 28.9. The molecule has 1 spiro atoms. The molecular formula is C38H51F3N4O3. The van der Waals surface area contributed by atoms with Crippen molar-refractivity contribution in [2.45, 2.75) is 109 Å². The highest BCUT2D eigenvalue weighted by atomic mass is 19.4. The van der Waals surface area contributed by atoms with Crippen LogP contribution in [0, 0.1) is 31.6 Å². The van der Waals surface area contributed by atoms with Crippen LogP contribution >= 0.6 is 0 Å². The van der Waals surface area contributed by atoms with Gasteiger partial charge in [-0.2, -0.15) is 13.2 Å². The number of hydrogen-bond acceptors (Lipinski definition) is 6. The van der Waals surface area contributed by atoms with E-state index in [9.17, 15) is 18.0 Å². The number of anilines is 1. The van der Waals surface area contributed by atoms with Gasteiger partial charge in [0.1, 0.15) is 5.60 Å². The van der Waals surface area contributed by atoms with Crippen molar-refractivity contribution < 1.29 is 27.4 Å². The minimum absolute atomic E-state index is 0.167. The van der Waals surface area contributed by atoms with Crippen molar-refractivity contribution >= 4 is 11.8 Å². The molecule has 3 aliphatic heterocycles. The van der Waals surface area contributed by atoms with Gasteiger partial charge in [0.2, 0.25) is 0 Å². The summed E-state index contributed by atoms with van der Waals surface area (Å²) in [6.45, 7) is 13.4. The topological polar surface area (TPSA) is 58.1 Å². The van der Waals surface area contributed by atoms with Gasteiger partial charge < -0.3 is 19.3 Å². The minimum Gasteiger partial charge on any atom is -0.442 e. The summed E-state index contributed by atoms with van der Waals surface area (Å²) in [6.07, 6.45) is 4.25. The molecule has 3 saturated heterocycles. The first-order valence-electron chi connectivity index (χ1n) is 18.2. The fourth-order valence-corrected chi connectivity index (χ4v) is 10.0. The number of amides is 1. The van der Waals surface area contributed by atoms with Crippen LogP contribution in [0.4, 0.5) is 23.7 Å². The molecule has 2 aliphatic carbocycles. The standard InChI is InChI=1S/C38H51F3N4O3/c1-5-7-8-30-23-45(35-32-10-9-29(38(39,40)41)17-26(32)20-33(35)47-6-2)36(46)48-37(30)12-15-43(16-13-37)31-18-27-21-44(22-28(27)19-31)34-24(3)11-14-42-25(34)4/h9-11,14,17,27-28,30-31,33,35H,5-8,12-13,15-16,18-23H2,1-4H3/t27-,28+,30-,31?,33+,35+/m1/s1. The average molecular weight is 669 g/mol. The lowest BCUT2D eigenvalue weighted by atomic mass is 9.75. The molecule has 262 valence electrons. The second-order valence-electron chi connectivity index (χ2n) is 15.1. The second-order valence-corrected chi connectivity index (χ2v) is 15.1. The van der Waals surface area contributed by atoms with Gasteiger partial charge in [-0.15, -0.1) is 0 Å². The number of carbonyl (C=O) groups is 1. The summed E-state index contributed by atoms with van der Waals surface area (Å²) >= 11 is 0. The SMILES string of the molecule is CCCC[C@@H]1CN([C@H]2c3ccc(C(F)(F)F)cc3C[C@@H]2OCC)C(=O)OC12CCN(C1C[C@@H]3CN(c4c(C)ccnc4C)C[C@@H]3C1)CC2. The van der Waals surface area contributed by atoms with Gasteiger partial charge in [-0.05, 0) is 86.8 Å². The number of ether oxygens (including phenoxy) is 2. The molecule has 0 N–H and O–H groups in total. The van der Waals surface area contributed by atoms with Gasteiger partial charge in [-0.1, -0.05) is 25.8 Å². The van der Waals surface area contributed by atoms with Crippen LogP contribution in [-0.4, -0.2) is 78.0 Å². The molecule has 1 unspecified atom stereocenters. The molecule has 0 bridgehead atoms. The summed E-state index contributed by atoms with van der Waals surface area (Å²) < 4.78 is 53.3. The molecule has 0 radical (unpaired) electrons. The van der Waals surface area contributed by atoms with Crippen molar-refractivity contribution in [2.75, 3.05) is 44.2 Å². The monoisotopic (exact) mass is 668 g/mol. The van der Waals surface area contributed by atoms with Crippen LogP contribution in [0.3, 0.4) is 0 Å². The fourth-order valence-electron chi connectivity index (χ4n) is 10.0. The molecule has 1 aromatic carbocycles. The molecule has 7 nitrogen and oxygen atoms in total. The number of fused-ring (bicyclic) bond motifs is 2. The van der Waals surface area contributed by atoms with Crippen molar-refractivity contribution in [1.29, 1.82) is 0 Å². The van der Waals surface area contributed by atoms with Crippen molar-refractivity contribution in [3.63, 3.8) is 0 Å². The first-order valence-corrected chi connectivity index (χ1v) is 18.2. The summed E-state index contributed by atoms with van der Waals surface area (Å²) in [6, 6.07) is 6.16. The molecule has 10 heteroatoms. The zero-order chi connectivity index (χ0) is 33.8. The van der Waals surface area contributed by atoms with E-state index in [0.29, 0.717) is 43.0 Å². The van der Waals surface area contributed by atoms with Gasteiger partial charge in [0.05, 0.1) is 29.1 Å². The molecule has 6 atom stereocenters. The number of pyridine rings is 1. The first-order chi connectivity index (χ1) is 23.0. The van der Waals surface area contributed by atoms with E-state index >= 15 is 0 Å². The van der Waals surface area contributed by atoms with Gasteiger partial charge in [0, 0.05) is 76.7 Å². The number of piperidine rings is 1. The Bertz CT molecular complexity index is 1460. The first kappa shape index (κ1) is 33.6. The van der Waals surface area contributed by atoms with Crippen molar-refractivity contribution in [2.24, 2.45) is 17.8 Å². The molecule has 7 rings (SSSR count). The maximum absolute atomic E-state index is 14.0. The third-order valence-corrected chi connectivity index (χ3v) is 12.4. The number of nitrogens with zero attached hydrogens (tertiary/aromatic N) is 4. The highest BCUT2D eigenvalue weighted by molar-refractivity contribution is 5.71. The smallest absolute Gasteiger partial charge is 0.416 e. The summed E-state index contributed by atoms with van der Waals surface area (Å²) in [5, 5.41) is 0. The quantitative estimate of drug-likeness (QED) is 0.287. The largest absolute Gasteiger partial charge is 0.442 e. The normalized spacial score (nSPS) is 30.2. The Morgan fingerprint density at radius 1 is 1.04 bits per heavy atom. The van der Waals surface area contributed by atoms with Gasteiger partial charge >= 0.3 is 12.3 Å². The van der Waals surface area contributed by atoms with E-state index in [2.05, 4.69) is 41.6 Å². The summed E-state index contributed by atoms with van der Waals surface area (Å²) in [4.78, 5) is 25.6. The van der Waals surface area contributed by atoms with E-state index in [1.165, 1.54) is 30.2 Å². The molecule has 1 amide bonds. The van der Waals surface area contributed by atoms with E-state index in [4.69, 9.17) is 9.47 Å². The number of aromatic nitrogens is 1. The zero-order valence-corrected chi connectivity index (χ0v) is 28.9. The van der Waals surface area contributed by atoms with Gasteiger partial charge in [-0.3, -0.25) is 9.88 Å². The number of halogens is 3. The maximum Gasteiger partial charge on any atom is 0.416 e. The third kappa shape index (κ3) is 6.10. The van der Waals surface area contributed by atoms with E-state index in [1.807, 2.05) is 13.1 Å². The highest BCUT2D eigenvalue weighted by Crippen LogP contribution is 2.49. The molecule has 4 fully saturated rings. The molecule has 2 aromatic rings. The molecule has 48 heavy (non-hydrogen) atoms. The van der Waals surface area contributed by atoms with E-state index in [0.717, 1.165) is 75.6 Å². The molecule has 4 heterocycles. The van der Waals surface area contributed by atoms with Crippen LogP contribution in [0.25, 0.3) is 0 Å². The number of rotatable bonds is 8. The Kier molecular flexibility index (Phi) is 9.20. The number of aryl methyl sites for hydroxylation is 2. The maximum atomic E-state index is 14.0. The molecular weight excluding hydrogens is 617 g/mol. The lowest BCUT2D eigenvalue weighted by Gasteiger charge is -2.53. The predicted molar refractivity (Wildman–Crippen MR) is 179 cm³/mol. The van der Waals surface area contributed by atoms with Crippen LogP contribution in [0.2, 0.25) is 0 Å². The number of hydrogen-bond donors (Lipinski definition) is 0. The fraction of sp³-hybridized carbons (Fsp3) is 0.684.